The fourth-order valence-corrected chi connectivity index (χ4v) is 7.91. The molecule has 0 aliphatic carbocycles. The van der Waals surface area contributed by atoms with Crippen LogP contribution in [0, 0.1) is 11.8 Å². The highest BCUT2D eigenvalue weighted by Crippen LogP contribution is 2.35. The summed E-state index contributed by atoms with van der Waals surface area (Å²) in [6.07, 6.45) is 8.75. The number of rotatable bonds is 12. The number of aromatic amines is 2. The Morgan fingerprint density at radius 3 is 2.04 bits per heavy atom. The Hall–Kier alpha value is -6.05. The molecule has 14 nitrogen and oxygen atoms in total. The molecule has 5 aromatic rings. The molecule has 4 atom stereocenters. The van der Waals surface area contributed by atoms with E-state index in [1.54, 1.807) is 11.1 Å². The second kappa shape index (κ2) is 16.4. The lowest BCUT2D eigenvalue weighted by atomic mass is 10.00. The number of likely N-dealkylation sites (tertiary alicyclic amines) is 2. The van der Waals surface area contributed by atoms with Crippen molar-refractivity contribution in [1.29, 1.82) is 0 Å². The summed E-state index contributed by atoms with van der Waals surface area (Å²) >= 11 is 0. The van der Waals surface area contributed by atoms with Crippen LogP contribution in [0.5, 0.6) is 0 Å². The van der Waals surface area contributed by atoms with E-state index in [1.165, 1.54) is 7.11 Å². The molecule has 0 bridgehead atoms. The number of aromatic nitrogens is 5. The third kappa shape index (κ3) is 7.73. The Balaban J connectivity index is 1.03. The number of carbonyl (C=O) groups is 4. The van der Waals surface area contributed by atoms with Crippen molar-refractivity contribution in [2.24, 2.45) is 11.8 Å². The van der Waals surface area contributed by atoms with Gasteiger partial charge in [-0.15, -0.1) is 0 Å². The Morgan fingerprint density at radius 1 is 0.786 bits per heavy atom. The van der Waals surface area contributed by atoms with Crippen molar-refractivity contribution in [3.63, 3.8) is 0 Å². The van der Waals surface area contributed by atoms with Gasteiger partial charge in [-0.25, -0.2) is 14.8 Å². The number of carbonyl (C=O) groups excluding carboxylic acids is 4. The lowest BCUT2D eigenvalue weighted by Crippen LogP contribution is -2.51. The maximum absolute atomic E-state index is 13.5. The molecule has 4 N–H and O–H groups in total. The van der Waals surface area contributed by atoms with Gasteiger partial charge in [0.25, 0.3) is 0 Å². The van der Waals surface area contributed by atoms with Crippen LogP contribution in [0.2, 0.25) is 0 Å². The Kier molecular flexibility index (Phi) is 11.2. The molecule has 56 heavy (non-hydrogen) atoms. The maximum Gasteiger partial charge on any atom is 0.407 e. The van der Waals surface area contributed by atoms with Crippen molar-refractivity contribution in [3.05, 3.63) is 78.8 Å². The lowest BCUT2D eigenvalue weighted by Gasteiger charge is -2.30. The predicted octanol–water partition coefficient (Wildman–Crippen LogP) is 6.16. The SMILES string of the molecule is COC(=O)N[C@H](C(=O)N1CCC[C@H]1c1ncc(-c2ccc(-c3ccc4cc(-c5c[nH]c([C@@H]6CCCN6C(=O)[C@@H](NC=O)C(C)C)n5)ccc4c3)cn2)[nH]1)C(C)C. The van der Waals surface area contributed by atoms with Crippen LogP contribution in [0.15, 0.2) is 67.1 Å². The highest BCUT2D eigenvalue weighted by molar-refractivity contribution is 5.91. The molecule has 14 heteroatoms. The number of fused-ring (bicyclic) bond motifs is 1. The number of benzene rings is 2. The molecule has 4 amide bonds. The van der Waals surface area contributed by atoms with Gasteiger partial charge in [0.1, 0.15) is 23.7 Å². The standard InChI is InChI=1S/C42H49N9O5/c1-24(2)36(46-23-52)40(53)50-16-6-8-34(50)38-44-21-32(47-38)29-13-12-26-18-28(11-10-27(26)19-29)30-14-15-31(43-20-30)33-22-45-39(48-33)35-9-7-17-51(35)41(54)37(25(3)4)49-42(55)56-5/h10-15,18-25,34-37H,6-9,16-17H2,1-5H3,(H,44,47)(H,45,48)(H,46,52)(H,49,55)/t34-,35-,36-,37-/m0/s1. The molecule has 0 unspecified atom stereocenters. The summed E-state index contributed by atoms with van der Waals surface area (Å²) in [7, 11) is 1.29. The Bertz CT molecular complexity index is 2210. The number of hydrogen-bond acceptors (Lipinski definition) is 8. The molecule has 0 saturated carbocycles. The van der Waals surface area contributed by atoms with Crippen molar-refractivity contribution in [2.75, 3.05) is 20.2 Å². The monoisotopic (exact) mass is 759 g/mol. The average molecular weight is 760 g/mol. The van der Waals surface area contributed by atoms with E-state index >= 15 is 0 Å². The first-order valence-electron chi connectivity index (χ1n) is 19.3. The highest BCUT2D eigenvalue weighted by atomic mass is 16.5. The average Bonchev–Trinajstić information content (AvgIpc) is 4.05. The number of methoxy groups -OCH3 is 1. The van der Waals surface area contributed by atoms with E-state index in [2.05, 4.69) is 62.0 Å². The number of alkyl carbamates (subject to hydrolysis) is 1. The zero-order chi connectivity index (χ0) is 39.5. The van der Waals surface area contributed by atoms with Gasteiger partial charge in [-0.1, -0.05) is 58.0 Å². The number of amides is 4. The Labute approximate surface area is 325 Å². The molecule has 5 heterocycles. The third-order valence-electron chi connectivity index (χ3n) is 11.0. The van der Waals surface area contributed by atoms with Crippen LogP contribution in [-0.4, -0.2) is 91.3 Å². The van der Waals surface area contributed by atoms with Crippen molar-refractivity contribution in [2.45, 2.75) is 77.5 Å². The normalized spacial score (nSPS) is 18.1. The van der Waals surface area contributed by atoms with Crippen molar-refractivity contribution >= 4 is 35.1 Å². The predicted molar refractivity (Wildman–Crippen MR) is 212 cm³/mol. The van der Waals surface area contributed by atoms with Gasteiger partial charge >= 0.3 is 6.09 Å². The smallest absolute Gasteiger partial charge is 0.407 e. The van der Waals surface area contributed by atoms with Gasteiger partial charge in [-0.3, -0.25) is 19.4 Å². The first kappa shape index (κ1) is 38.2. The number of pyridine rings is 1. The van der Waals surface area contributed by atoms with E-state index in [-0.39, 0.29) is 35.7 Å². The Morgan fingerprint density at radius 2 is 1.41 bits per heavy atom. The fraction of sp³-hybridized carbons (Fsp3) is 0.405. The molecule has 7 rings (SSSR count). The first-order chi connectivity index (χ1) is 27.1. The number of nitrogens with one attached hydrogen (secondary N) is 4. The molecule has 2 aliphatic heterocycles. The lowest BCUT2D eigenvalue weighted by molar-refractivity contribution is -0.137. The zero-order valence-electron chi connectivity index (χ0n) is 32.4. The van der Waals surface area contributed by atoms with Crippen LogP contribution in [0.25, 0.3) is 44.5 Å². The van der Waals surface area contributed by atoms with E-state index in [4.69, 9.17) is 14.7 Å². The van der Waals surface area contributed by atoms with Gasteiger partial charge in [-0.2, -0.15) is 0 Å². The summed E-state index contributed by atoms with van der Waals surface area (Å²) in [5, 5.41) is 7.54. The molecule has 2 saturated heterocycles. The minimum absolute atomic E-state index is 0.0241. The number of nitrogens with zero attached hydrogens (tertiary/aromatic N) is 5. The molecule has 3 aromatic heterocycles. The summed E-state index contributed by atoms with van der Waals surface area (Å²) in [6.45, 7) is 8.86. The third-order valence-corrected chi connectivity index (χ3v) is 11.0. The second-order valence-electron chi connectivity index (χ2n) is 15.3. The van der Waals surface area contributed by atoms with E-state index in [0.717, 1.165) is 76.1 Å². The number of imidazole rings is 2. The number of H-pyrrole nitrogens is 2. The van der Waals surface area contributed by atoms with Gasteiger partial charge in [0.15, 0.2) is 0 Å². The minimum atomic E-state index is -0.696. The van der Waals surface area contributed by atoms with Crippen LogP contribution < -0.4 is 10.6 Å². The van der Waals surface area contributed by atoms with Crippen LogP contribution in [0.4, 0.5) is 4.79 Å². The molecule has 2 aromatic carbocycles. The summed E-state index contributed by atoms with van der Waals surface area (Å²) < 4.78 is 4.75. The molecule has 0 radical (unpaired) electrons. The zero-order valence-corrected chi connectivity index (χ0v) is 32.4. The largest absolute Gasteiger partial charge is 0.453 e. The van der Waals surface area contributed by atoms with E-state index < -0.39 is 18.2 Å². The van der Waals surface area contributed by atoms with Crippen molar-refractivity contribution in [3.8, 4) is 33.8 Å². The van der Waals surface area contributed by atoms with Crippen LogP contribution in [-0.2, 0) is 19.1 Å². The van der Waals surface area contributed by atoms with Gasteiger partial charge in [0.2, 0.25) is 18.2 Å². The highest BCUT2D eigenvalue weighted by Gasteiger charge is 2.38. The van der Waals surface area contributed by atoms with Crippen molar-refractivity contribution < 1.29 is 23.9 Å². The minimum Gasteiger partial charge on any atom is -0.453 e. The first-order valence-corrected chi connectivity index (χ1v) is 19.3. The number of hydrogen-bond donors (Lipinski definition) is 4. The molecule has 2 fully saturated rings. The summed E-state index contributed by atoms with van der Waals surface area (Å²) in [4.78, 5) is 74.7. The van der Waals surface area contributed by atoms with E-state index in [1.807, 2.05) is 57.1 Å². The summed E-state index contributed by atoms with van der Waals surface area (Å²) in [6, 6.07) is 14.9. The molecule has 0 spiro atoms. The maximum atomic E-state index is 13.5. The molecular weight excluding hydrogens is 711 g/mol. The number of ether oxygens (including phenoxy) is 1. The molecule has 2 aliphatic rings. The van der Waals surface area contributed by atoms with Crippen LogP contribution >= 0.6 is 0 Å². The summed E-state index contributed by atoms with van der Waals surface area (Å²) in [5.74, 6) is 1.07. The quantitative estimate of drug-likeness (QED) is 0.109. The summed E-state index contributed by atoms with van der Waals surface area (Å²) in [5.41, 5.74) is 5.28. The second-order valence-corrected chi connectivity index (χ2v) is 15.3. The van der Waals surface area contributed by atoms with Gasteiger partial charge in [0, 0.05) is 36.6 Å². The van der Waals surface area contributed by atoms with E-state index in [0.29, 0.717) is 25.3 Å². The topological polar surface area (TPSA) is 178 Å². The van der Waals surface area contributed by atoms with Crippen LogP contribution in [0.1, 0.15) is 77.1 Å². The van der Waals surface area contributed by atoms with E-state index in [9.17, 15) is 19.2 Å². The van der Waals surface area contributed by atoms with Gasteiger partial charge in [0.05, 0.1) is 42.5 Å². The van der Waals surface area contributed by atoms with Gasteiger partial charge < -0.3 is 35.1 Å². The molecule has 292 valence electrons. The molecular formula is C42H49N9O5. The van der Waals surface area contributed by atoms with Crippen LogP contribution in [0.3, 0.4) is 0 Å². The fourth-order valence-electron chi connectivity index (χ4n) is 7.91. The van der Waals surface area contributed by atoms with Gasteiger partial charge in [-0.05, 0) is 72.1 Å². The van der Waals surface area contributed by atoms with Crippen molar-refractivity contribution in [1.82, 2.24) is 45.4 Å².